The summed E-state index contributed by atoms with van der Waals surface area (Å²) in [5.41, 5.74) is 3.49. The van der Waals surface area contributed by atoms with Crippen LogP contribution in [0.25, 0.3) is 16.9 Å². The van der Waals surface area contributed by atoms with Crippen LogP contribution < -0.4 is 11.3 Å². The minimum Gasteiger partial charge on any atom is -0.365 e. The van der Waals surface area contributed by atoms with E-state index >= 15 is 0 Å². The number of primary amides is 1. The molecule has 0 atom stereocenters. The molecular weight excluding hydrogens is 308 g/mol. The second-order valence-electron chi connectivity index (χ2n) is 4.55. The van der Waals surface area contributed by atoms with Gasteiger partial charge >= 0.3 is 0 Å². The van der Waals surface area contributed by atoms with Crippen molar-refractivity contribution in [2.75, 3.05) is 0 Å². The van der Waals surface area contributed by atoms with Crippen molar-refractivity contribution in [1.82, 2.24) is 19.7 Å². The summed E-state index contributed by atoms with van der Waals surface area (Å²) in [6, 6.07) is 3.09. The van der Waals surface area contributed by atoms with E-state index < -0.39 is 34.4 Å². The highest BCUT2D eigenvalue weighted by Crippen LogP contribution is 2.20. The Morgan fingerprint density at radius 1 is 1.22 bits per heavy atom. The van der Waals surface area contributed by atoms with Crippen molar-refractivity contribution in [3.05, 3.63) is 64.5 Å². The van der Waals surface area contributed by atoms with Crippen molar-refractivity contribution in [2.24, 2.45) is 5.73 Å². The number of hydrogen-bond donors (Lipinski definition) is 2. The molecule has 2 aromatic heterocycles. The molecule has 0 unspecified atom stereocenters. The molecule has 3 rings (SSSR count). The Balaban J connectivity index is 2.33. The highest BCUT2D eigenvalue weighted by molar-refractivity contribution is 5.98. The molecule has 0 saturated heterocycles. The maximum Gasteiger partial charge on any atom is 0.285 e. The number of aromatic nitrogens is 4. The lowest BCUT2D eigenvalue weighted by atomic mass is 10.1. The van der Waals surface area contributed by atoms with E-state index in [1.54, 1.807) is 0 Å². The zero-order valence-corrected chi connectivity index (χ0v) is 11.5. The van der Waals surface area contributed by atoms with Crippen LogP contribution in [0, 0.1) is 11.6 Å². The van der Waals surface area contributed by atoms with E-state index in [1.165, 1.54) is 12.5 Å². The van der Waals surface area contributed by atoms with Gasteiger partial charge < -0.3 is 10.7 Å². The van der Waals surface area contributed by atoms with Crippen LogP contribution in [0.15, 0.2) is 41.7 Å². The van der Waals surface area contributed by atoms with Gasteiger partial charge in [0.05, 0.1) is 24.4 Å². The predicted octanol–water partition coefficient (Wildman–Crippen LogP) is 1.000. The Morgan fingerprint density at radius 2 is 1.91 bits per heavy atom. The molecule has 0 fully saturated rings. The van der Waals surface area contributed by atoms with Crippen LogP contribution in [0.5, 0.6) is 0 Å². The molecule has 0 saturated carbocycles. The summed E-state index contributed by atoms with van der Waals surface area (Å²) >= 11 is 0. The molecule has 0 aliphatic carbocycles. The molecular formula is C14H9F2N5O2. The second-order valence-corrected chi connectivity index (χ2v) is 4.55. The van der Waals surface area contributed by atoms with E-state index in [-0.39, 0.29) is 5.56 Å². The summed E-state index contributed by atoms with van der Waals surface area (Å²) in [6.45, 7) is 0. The topological polar surface area (TPSA) is 107 Å². The molecule has 2 heterocycles. The van der Waals surface area contributed by atoms with Crippen LogP contribution in [-0.4, -0.2) is 25.7 Å². The number of H-pyrrole nitrogens is 1. The van der Waals surface area contributed by atoms with E-state index in [1.807, 2.05) is 0 Å². The number of benzene rings is 1. The van der Waals surface area contributed by atoms with Gasteiger partial charge in [-0.2, -0.15) is 9.78 Å². The van der Waals surface area contributed by atoms with Gasteiger partial charge in [0.2, 0.25) is 0 Å². The minimum absolute atomic E-state index is 0.0907. The maximum atomic E-state index is 13.9. The Bertz CT molecular complexity index is 930. The lowest BCUT2D eigenvalue weighted by molar-refractivity contribution is 0.0999. The number of halogens is 2. The van der Waals surface area contributed by atoms with Gasteiger partial charge in [-0.15, -0.1) is 0 Å². The molecule has 3 aromatic rings. The number of amides is 1. The summed E-state index contributed by atoms with van der Waals surface area (Å²) in [5, 5.41) is 3.74. The van der Waals surface area contributed by atoms with E-state index in [0.29, 0.717) is 10.4 Å². The van der Waals surface area contributed by atoms with Gasteiger partial charge in [-0.1, -0.05) is 6.07 Å². The first kappa shape index (κ1) is 14.6. The number of nitrogens with two attached hydrogens (primary N) is 1. The number of imidazole rings is 1. The first-order valence-corrected chi connectivity index (χ1v) is 6.36. The Labute approximate surface area is 127 Å². The largest absolute Gasteiger partial charge is 0.365 e. The number of aromatic amines is 1. The second kappa shape index (κ2) is 5.44. The average Bonchev–Trinajstić information content (AvgIpc) is 3.02. The number of rotatable bonds is 3. The fraction of sp³-hybridized carbons (Fsp3) is 0. The first-order valence-electron chi connectivity index (χ1n) is 6.36. The summed E-state index contributed by atoms with van der Waals surface area (Å²) in [7, 11) is 0. The highest BCUT2D eigenvalue weighted by Gasteiger charge is 2.22. The predicted molar refractivity (Wildman–Crippen MR) is 75.8 cm³/mol. The fourth-order valence-electron chi connectivity index (χ4n) is 2.15. The third-order valence-electron chi connectivity index (χ3n) is 3.16. The van der Waals surface area contributed by atoms with Crippen LogP contribution in [-0.2, 0) is 0 Å². The van der Waals surface area contributed by atoms with E-state index in [0.717, 1.165) is 24.4 Å². The Morgan fingerprint density at radius 3 is 2.48 bits per heavy atom. The van der Waals surface area contributed by atoms with Gasteiger partial charge in [0.1, 0.15) is 11.3 Å². The number of nitrogens with zero attached hydrogens (tertiary/aromatic N) is 3. The summed E-state index contributed by atoms with van der Waals surface area (Å²) in [5.74, 6) is -3.04. The van der Waals surface area contributed by atoms with Crippen LogP contribution >= 0.6 is 0 Å². The van der Waals surface area contributed by atoms with Crippen molar-refractivity contribution in [3.8, 4) is 16.9 Å². The molecule has 0 spiro atoms. The number of nitrogens with one attached hydrogen (secondary N) is 1. The molecule has 1 aromatic carbocycles. The third-order valence-corrected chi connectivity index (χ3v) is 3.16. The molecule has 9 heteroatoms. The summed E-state index contributed by atoms with van der Waals surface area (Å²) in [4.78, 5) is 30.6. The van der Waals surface area contributed by atoms with Gasteiger partial charge in [-0.05, 0) is 12.1 Å². The number of para-hydroxylation sites is 1. The molecule has 3 N–H and O–H groups in total. The maximum absolute atomic E-state index is 13.9. The van der Waals surface area contributed by atoms with Crippen molar-refractivity contribution < 1.29 is 13.6 Å². The number of hydrogen-bond acceptors (Lipinski definition) is 4. The van der Waals surface area contributed by atoms with Gasteiger partial charge in [0.25, 0.3) is 11.5 Å². The van der Waals surface area contributed by atoms with Crippen molar-refractivity contribution in [1.29, 1.82) is 0 Å². The van der Waals surface area contributed by atoms with Gasteiger partial charge in [0.15, 0.2) is 11.6 Å². The lowest BCUT2D eigenvalue weighted by Gasteiger charge is -2.10. The molecule has 23 heavy (non-hydrogen) atoms. The fourth-order valence-corrected chi connectivity index (χ4v) is 2.15. The molecule has 0 aliphatic heterocycles. The highest BCUT2D eigenvalue weighted by atomic mass is 19.1. The van der Waals surface area contributed by atoms with Crippen molar-refractivity contribution in [3.63, 3.8) is 0 Å². The SMILES string of the molecule is NC(=O)c1c(-c2cnc[nH]2)cnn(-c2c(F)cccc2F)c1=O. The van der Waals surface area contributed by atoms with Gasteiger partial charge in [-0.25, -0.2) is 13.8 Å². The third kappa shape index (κ3) is 2.37. The normalized spacial score (nSPS) is 10.7. The van der Waals surface area contributed by atoms with E-state index in [2.05, 4.69) is 15.1 Å². The number of carbonyl (C=O) groups is 1. The molecule has 0 bridgehead atoms. The summed E-state index contributed by atoms with van der Waals surface area (Å²) in [6.07, 6.45) is 3.81. The van der Waals surface area contributed by atoms with Crippen molar-refractivity contribution in [2.45, 2.75) is 0 Å². The zero-order chi connectivity index (χ0) is 16.6. The van der Waals surface area contributed by atoms with Crippen LogP contribution in [0.2, 0.25) is 0 Å². The lowest BCUT2D eigenvalue weighted by Crippen LogP contribution is -2.32. The standard InChI is InChI=1S/C14H9F2N5O2/c15-8-2-1-3-9(16)12(8)21-14(23)11(13(17)22)7(4-20-21)10-5-18-6-19-10/h1-6H,(H2,17,22)(H,18,19). The average molecular weight is 317 g/mol. The van der Waals surface area contributed by atoms with Crippen molar-refractivity contribution >= 4 is 5.91 Å². The Kier molecular flexibility index (Phi) is 3.45. The molecule has 7 nitrogen and oxygen atoms in total. The zero-order valence-electron chi connectivity index (χ0n) is 11.5. The molecule has 0 radical (unpaired) electrons. The summed E-state index contributed by atoms with van der Waals surface area (Å²) < 4.78 is 28.2. The Hall–Kier alpha value is -3.36. The molecule has 0 aliphatic rings. The first-order chi connectivity index (χ1) is 11.0. The van der Waals surface area contributed by atoms with E-state index in [4.69, 9.17) is 5.73 Å². The minimum atomic E-state index is -1.05. The van der Waals surface area contributed by atoms with Crippen LogP contribution in [0.4, 0.5) is 8.78 Å². The van der Waals surface area contributed by atoms with E-state index in [9.17, 15) is 18.4 Å². The van der Waals surface area contributed by atoms with Gasteiger partial charge in [0, 0.05) is 5.56 Å². The van der Waals surface area contributed by atoms with Crippen LogP contribution in [0.1, 0.15) is 10.4 Å². The van der Waals surface area contributed by atoms with Crippen LogP contribution in [0.3, 0.4) is 0 Å². The van der Waals surface area contributed by atoms with Gasteiger partial charge in [-0.3, -0.25) is 9.59 Å². The number of carbonyl (C=O) groups excluding carboxylic acids is 1. The molecule has 1 amide bonds. The molecule has 116 valence electrons. The monoisotopic (exact) mass is 317 g/mol. The smallest absolute Gasteiger partial charge is 0.285 e. The quantitative estimate of drug-likeness (QED) is 0.751.